The molecule has 0 N–H and O–H groups in total. The summed E-state index contributed by atoms with van der Waals surface area (Å²) in [6.07, 6.45) is 0. The molecular formula is C12H13FN2O2. The van der Waals surface area contributed by atoms with Gasteiger partial charge in [0, 0.05) is 20.6 Å². The van der Waals surface area contributed by atoms with Gasteiger partial charge < -0.3 is 9.80 Å². The molecule has 2 amide bonds. The molecule has 1 aliphatic heterocycles. The first-order chi connectivity index (χ1) is 8.00. The van der Waals surface area contributed by atoms with Gasteiger partial charge in [-0.15, -0.1) is 0 Å². The smallest absolute Gasteiger partial charge is 0.312 e. The van der Waals surface area contributed by atoms with E-state index in [1.807, 2.05) is 0 Å². The molecule has 2 rings (SSSR count). The average Bonchev–Trinajstić information content (AvgIpc) is 2.31. The Bertz CT molecular complexity index is 475. The normalized spacial score (nSPS) is 21.0. The van der Waals surface area contributed by atoms with E-state index in [0.29, 0.717) is 12.1 Å². The molecule has 1 aliphatic rings. The minimum absolute atomic E-state index is 0.291. The van der Waals surface area contributed by atoms with Crippen molar-refractivity contribution >= 4 is 11.8 Å². The molecule has 4 nitrogen and oxygen atoms in total. The number of amides is 2. The summed E-state index contributed by atoms with van der Waals surface area (Å²) in [4.78, 5) is 25.8. The minimum Gasteiger partial charge on any atom is -0.335 e. The third kappa shape index (κ3) is 2.00. The van der Waals surface area contributed by atoms with Crippen LogP contribution in [0, 0.1) is 5.82 Å². The highest BCUT2D eigenvalue weighted by atomic mass is 19.1. The molecule has 90 valence electrons. The Morgan fingerprint density at radius 2 is 1.94 bits per heavy atom. The number of hydrogen-bond acceptors (Lipinski definition) is 2. The fourth-order valence-electron chi connectivity index (χ4n) is 1.96. The molecule has 1 unspecified atom stereocenters. The molecule has 1 saturated heterocycles. The first-order valence-corrected chi connectivity index (χ1v) is 5.28. The zero-order valence-corrected chi connectivity index (χ0v) is 9.68. The number of likely N-dealkylation sites (N-methyl/N-ethyl adjacent to an activating group) is 2. The summed E-state index contributed by atoms with van der Waals surface area (Å²) in [5.41, 5.74) is 0.695. The van der Waals surface area contributed by atoms with Crippen LogP contribution in [0.3, 0.4) is 0 Å². The minimum atomic E-state index is -0.562. The van der Waals surface area contributed by atoms with Gasteiger partial charge in [0.1, 0.15) is 5.82 Å². The fourth-order valence-corrected chi connectivity index (χ4v) is 1.96. The molecule has 0 saturated carbocycles. The summed E-state index contributed by atoms with van der Waals surface area (Å²) in [5.74, 6) is -1.43. The lowest BCUT2D eigenvalue weighted by molar-refractivity contribution is -0.156. The summed E-state index contributed by atoms with van der Waals surface area (Å²) >= 11 is 0. The highest BCUT2D eigenvalue weighted by Crippen LogP contribution is 2.24. The van der Waals surface area contributed by atoms with E-state index in [9.17, 15) is 14.0 Å². The van der Waals surface area contributed by atoms with E-state index in [4.69, 9.17) is 0 Å². The summed E-state index contributed by atoms with van der Waals surface area (Å²) < 4.78 is 13.1. The molecule has 5 heteroatoms. The molecule has 1 atom stereocenters. The van der Waals surface area contributed by atoms with Gasteiger partial charge >= 0.3 is 11.8 Å². The van der Waals surface area contributed by atoms with Crippen LogP contribution in [-0.2, 0) is 9.59 Å². The van der Waals surface area contributed by atoms with Crippen molar-refractivity contribution in [1.82, 2.24) is 9.80 Å². The van der Waals surface area contributed by atoms with E-state index in [-0.39, 0.29) is 11.9 Å². The van der Waals surface area contributed by atoms with Gasteiger partial charge in [0.2, 0.25) is 0 Å². The number of halogens is 1. The average molecular weight is 236 g/mol. The zero-order chi connectivity index (χ0) is 12.6. The zero-order valence-electron chi connectivity index (χ0n) is 9.68. The second-order valence-corrected chi connectivity index (χ2v) is 4.17. The lowest BCUT2D eigenvalue weighted by Gasteiger charge is -2.36. The van der Waals surface area contributed by atoms with E-state index in [2.05, 4.69) is 0 Å². The van der Waals surface area contributed by atoms with Crippen molar-refractivity contribution in [3.8, 4) is 0 Å². The number of hydrogen-bond donors (Lipinski definition) is 0. The summed E-state index contributed by atoms with van der Waals surface area (Å²) in [7, 11) is 3.13. The van der Waals surface area contributed by atoms with Crippen molar-refractivity contribution < 1.29 is 14.0 Å². The van der Waals surface area contributed by atoms with Gasteiger partial charge in [0.05, 0.1) is 6.04 Å². The van der Waals surface area contributed by atoms with Gasteiger partial charge in [-0.2, -0.15) is 0 Å². The van der Waals surface area contributed by atoms with E-state index >= 15 is 0 Å². The second-order valence-electron chi connectivity index (χ2n) is 4.17. The molecule has 1 aromatic rings. The number of rotatable bonds is 1. The number of benzene rings is 1. The Labute approximate surface area is 98.6 Å². The van der Waals surface area contributed by atoms with Crippen molar-refractivity contribution in [2.75, 3.05) is 20.6 Å². The van der Waals surface area contributed by atoms with Crippen LogP contribution >= 0.6 is 0 Å². The largest absolute Gasteiger partial charge is 0.335 e. The van der Waals surface area contributed by atoms with Crippen LogP contribution in [-0.4, -0.2) is 42.3 Å². The highest BCUT2D eigenvalue weighted by Gasteiger charge is 2.35. The van der Waals surface area contributed by atoms with Crippen molar-refractivity contribution in [2.24, 2.45) is 0 Å². The van der Waals surface area contributed by atoms with Gasteiger partial charge in [0.15, 0.2) is 0 Å². The predicted molar refractivity (Wildman–Crippen MR) is 59.5 cm³/mol. The molecule has 1 fully saturated rings. The van der Waals surface area contributed by atoms with Crippen molar-refractivity contribution in [2.45, 2.75) is 6.04 Å². The molecule has 0 aromatic heterocycles. The Kier molecular flexibility index (Phi) is 2.83. The van der Waals surface area contributed by atoms with Crippen LogP contribution in [0.1, 0.15) is 11.6 Å². The molecule has 17 heavy (non-hydrogen) atoms. The molecule has 0 spiro atoms. The number of carbonyl (C=O) groups is 2. The van der Waals surface area contributed by atoms with Crippen LogP contribution in [0.15, 0.2) is 24.3 Å². The molecule has 0 radical (unpaired) electrons. The van der Waals surface area contributed by atoms with Crippen LogP contribution in [0.2, 0.25) is 0 Å². The maximum absolute atomic E-state index is 13.1. The lowest BCUT2D eigenvalue weighted by atomic mass is 10.0. The van der Waals surface area contributed by atoms with E-state index < -0.39 is 11.8 Å². The topological polar surface area (TPSA) is 40.6 Å². The van der Waals surface area contributed by atoms with Crippen LogP contribution < -0.4 is 0 Å². The maximum Gasteiger partial charge on any atom is 0.312 e. The van der Waals surface area contributed by atoms with Crippen LogP contribution in [0.4, 0.5) is 4.39 Å². The van der Waals surface area contributed by atoms with E-state index in [0.717, 1.165) is 0 Å². The molecular weight excluding hydrogens is 223 g/mol. The summed E-state index contributed by atoms with van der Waals surface area (Å²) in [5, 5.41) is 0. The Hall–Kier alpha value is -1.91. The SMILES string of the molecule is CN1CC(c2cccc(F)c2)N(C)C(=O)C1=O. The first kappa shape index (κ1) is 11.6. The second kappa shape index (κ2) is 4.16. The van der Waals surface area contributed by atoms with Gasteiger partial charge in [-0.25, -0.2) is 4.39 Å². The summed E-state index contributed by atoms with van der Waals surface area (Å²) in [6, 6.07) is 5.79. The Balaban J connectivity index is 2.33. The van der Waals surface area contributed by atoms with Gasteiger partial charge in [0.25, 0.3) is 0 Å². The third-order valence-corrected chi connectivity index (χ3v) is 3.00. The van der Waals surface area contributed by atoms with Crippen LogP contribution in [0.5, 0.6) is 0 Å². The van der Waals surface area contributed by atoms with E-state index in [1.54, 1.807) is 26.2 Å². The van der Waals surface area contributed by atoms with Crippen molar-refractivity contribution in [3.05, 3.63) is 35.6 Å². The van der Waals surface area contributed by atoms with Crippen molar-refractivity contribution in [1.29, 1.82) is 0 Å². The fraction of sp³-hybridized carbons (Fsp3) is 0.333. The predicted octanol–water partition coefficient (Wildman–Crippen LogP) is 0.797. The van der Waals surface area contributed by atoms with Gasteiger partial charge in [-0.05, 0) is 17.7 Å². The molecule has 0 aliphatic carbocycles. The van der Waals surface area contributed by atoms with Crippen molar-refractivity contribution in [3.63, 3.8) is 0 Å². The molecule has 1 heterocycles. The van der Waals surface area contributed by atoms with Crippen LogP contribution in [0.25, 0.3) is 0 Å². The highest BCUT2D eigenvalue weighted by molar-refractivity contribution is 6.35. The van der Waals surface area contributed by atoms with E-state index in [1.165, 1.54) is 21.9 Å². The Morgan fingerprint density at radius 1 is 1.24 bits per heavy atom. The standard InChI is InChI=1S/C12H13FN2O2/c1-14-7-10(15(2)12(17)11(14)16)8-4-3-5-9(13)6-8/h3-6,10H,7H2,1-2H3. The number of piperazine rings is 1. The molecule has 1 aromatic carbocycles. The first-order valence-electron chi connectivity index (χ1n) is 5.28. The third-order valence-electron chi connectivity index (χ3n) is 3.00. The molecule has 0 bridgehead atoms. The quantitative estimate of drug-likeness (QED) is 0.677. The van der Waals surface area contributed by atoms with Gasteiger partial charge in [-0.1, -0.05) is 12.1 Å². The monoisotopic (exact) mass is 236 g/mol. The lowest BCUT2D eigenvalue weighted by Crippen LogP contribution is -2.52. The summed E-state index contributed by atoms with van der Waals surface area (Å²) in [6.45, 7) is 0.379. The maximum atomic E-state index is 13.1. The number of nitrogens with zero attached hydrogens (tertiary/aromatic N) is 2. The number of carbonyl (C=O) groups excluding carboxylic acids is 2. The Morgan fingerprint density at radius 3 is 2.59 bits per heavy atom. The van der Waals surface area contributed by atoms with Gasteiger partial charge in [-0.3, -0.25) is 9.59 Å².